The van der Waals surface area contributed by atoms with Crippen LogP contribution in [0.5, 0.6) is 0 Å². The van der Waals surface area contributed by atoms with Gasteiger partial charge >= 0.3 is 0 Å². The average molecular weight is 188 g/mol. The molecule has 0 bridgehead atoms. The van der Waals surface area contributed by atoms with Crippen LogP contribution in [0, 0.1) is 0 Å². The molecule has 1 rings (SSSR count). The lowest BCUT2D eigenvalue weighted by Crippen LogP contribution is -1.64. The number of para-hydroxylation sites is 1. The summed E-state index contributed by atoms with van der Waals surface area (Å²) in [7, 11) is 0. The van der Waals surface area contributed by atoms with Crippen LogP contribution >= 0.6 is 24.2 Å². The molecular formula is C8H10ClNS. The highest BCUT2D eigenvalue weighted by Gasteiger charge is 1.89. The van der Waals surface area contributed by atoms with Gasteiger partial charge in [-0.1, -0.05) is 12.1 Å². The number of hydrogen-bond donors (Lipinski definition) is 1. The first-order chi connectivity index (χ1) is 5.34. The molecule has 0 aromatic heterocycles. The van der Waals surface area contributed by atoms with Crippen molar-refractivity contribution in [3.8, 4) is 0 Å². The van der Waals surface area contributed by atoms with Gasteiger partial charge in [-0.25, -0.2) is 0 Å². The second-order valence-electron chi connectivity index (χ2n) is 1.65. The number of rotatable bonds is 1. The van der Waals surface area contributed by atoms with Crippen molar-refractivity contribution in [1.82, 2.24) is 0 Å². The van der Waals surface area contributed by atoms with E-state index in [-0.39, 0.29) is 0 Å². The Morgan fingerprint density at radius 1 is 1.36 bits per heavy atom. The predicted molar refractivity (Wildman–Crippen MR) is 54.7 cm³/mol. The minimum absolute atomic E-state index is 0.834. The number of aliphatic imine (C=N–C) groups is 1. The van der Waals surface area contributed by atoms with Gasteiger partial charge in [-0.3, -0.25) is 4.99 Å². The first kappa shape index (κ1) is 10.5. The Morgan fingerprint density at radius 2 is 1.91 bits per heavy atom. The average Bonchev–Trinajstić information content (AvgIpc) is 2.09. The molecule has 0 saturated carbocycles. The summed E-state index contributed by atoms with van der Waals surface area (Å²) in [4.78, 5) is 4.61. The van der Waals surface area contributed by atoms with E-state index in [1.807, 2.05) is 24.3 Å². The van der Waals surface area contributed by atoms with E-state index in [1.165, 1.54) is 6.38 Å². The van der Waals surface area contributed by atoms with Crippen molar-refractivity contribution in [2.24, 2.45) is 4.99 Å². The molecule has 0 saturated heterocycles. The fourth-order valence-electron chi connectivity index (χ4n) is 0.598. The van der Waals surface area contributed by atoms with Crippen molar-refractivity contribution in [2.75, 3.05) is 6.38 Å². The standard InChI is InChI=1S/C7H7NS.CH3Cl/c1-8-6-4-2-3-5-7(6)9;1-2/h2-5,9H,1H2;1H3. The van der Waals surface area contributed by atoms with Gasteiger partial charge in [0.1, 0.15) is 0 Å². The molecule has 0 amide bonds. The summed E-state index contributed by atoms with van der Waals surface area (Å²) >= 11 is 8.78. The summed E-state index contributed by atoms with van der Waals surface area (Å²) in [6.07, 6.45) is 1.47. The maximum Gasteiger partial charge on any atom is 0.0755 e. The molecule has 0 aliphatic heterocycles. The number of benzene rings is 1. The minimum Gasteiger partial charge on any atom is -0.264 e. The minimum atomic E-state index is 0.834. The van der Waals surface area contributed by atoms with Crippen LogP contribution in [0.2, 0.25) is 0 Å². The topological polar surface area (TPSA) is 12.4 Å². The smallest absolute Gasteiger partial charge is 0.0755 e. The van der Waals surface area contributed by atoms with Crippen LogP contribution in [0.25, 0.3) is 0 Å². The lowest BCUT2D eigenvalue weighted by atomic mass is 10.3. The molecule has 0 atom stereocenters. The Morgan fingerprint density at radius 3 is 2.27 bits per heavy atom. The largest absolute Gasteiger partial charge is 0.264 e. The highest BCUT2D eigenvalue weighted by molar-refractivity contribution is 7.80. The zero-order chi connectivity index (χ0) is 8.69. The quantitative estimate of drug-likeness (QED) is 0.394. The molecule has 0 N–H and O–H groups in total. The number of hydrogen-bond acceptors (Lipinski definition) is 2. The molecule has 0 aliphatic rings. The van der Waals surface area contributed by atoms with Crippen LogP contribution < -0.4 is 0 Å². The van der Waals surface area contributed by atoms with Gasteiger partial charge in [-0.2, -0.15) is 0 Å². The van der Waals surface area contributed by atoms with E-state index in [0.717, 1.165) is 10.6 Å². The molecule has 60 valence electrons. The van der Waals surface area contributed by atoms with Crippen LogP contribution in [0.4, 0.5) is 5.69 Å². The molecule has 11 heavy (non-hydrogen) atoms. The van der Waals surface area contributed by atoms with Crippen LogP contribution in [-0.4, -0.2) is 13.1 Å². The molecule has 3 heteroatoms. The van der Waals surface area contributed by atoms with E-state index < -0.39 is 0 Å². The normalized spacial score (nSPS) is 7.91. The second-order valence-corrected chi connectivity index (χ2v) is 2.13. The Kier molecular flexibility index (Phi) is 5.99. The third-order valence-electron chi connectivity index (χ3n) is 1.05. The SMILES string of the molecule is C=Nc1ccccc1S.CCl. The summed E-state index contributed by atoms with van der Waals surface area (Å²) in [5.74, 6) is 0. The van der Waals surface area contributed by atoms with Crippen molar-refractivity contribution in [2.45, 2.75) is 4.90 Å². The summed E-state index contributed by atoms with van der Waals surface area (Å²) in [6.45, 7) is 3.39. The first-order valence-corrected chi connectivity index (χ1v) is 4.17. The molecule has 0 spiro atoms. The van der Waals surface area contributed by atoms with Crippen LogP contribution in [0.1, 0.15) is 0 Å². The maximum atomic E-state index is 4.64. The molecule has 0 unspecified atom stereocenters. The maximum absolute atomic E-state index is 4.64. The summed E-state index contributed by atoms with van der Waals surface area (Å²) < 4.78 is 0. The molecule has 0 heterocycles. The van der Waals surface area contributed by atoms with Gasteiger partial charge in [0.2, 0.25) is 0 Å². The Labute approximate surface area is 77.5 Å². The number of thiol groups is 1. The second kappa shape index (κ2) is 6.25. The van der Waals surface area contributed by atoms with Gasteiger partial charge in [-0.15, -0.1) is 24.2 Å². The van der Waals surface area contributed by atoms with Gasteiger partial charge in [0.05, 0.1) is 5.69 Å². The molecule has 1 nitrogen and oxygen atoms in total. The number of alkyl halides is 1. The van der Waals surface area contributed by atoms with Gasteiger partial charge in [0, 0.05) is 11.3 Å². The van der Waals surface area contributed by atoms with Crippen molar-refractivity contribution in [1.29, 1.82) is 0 Å². The van der Waals surface area contributed by atoms with E-state index in [9.17, 15) is 0 Å². The van der Waals surface area contributed by atoms with Crippen LogP contribution in [-0.2, 0) is 0 Å². The van der Waals surface area contributed by atoms with Gasteiger partial charge in [-0.05, 0) is 18.9 Å². The van der Waals surface area contributed by atoms with Gasteiger partial charge in [0.25, 0.3) is 0 Å². The Bertz CT molecular complexity index is 225. The Balaban J connectivity index is 0.000000461. The summed E-state index contributed by atoms with van der Waals surface area (Å²) in [6, 6.07) is 7.57. The van der Waals surface area contributed by atoms with Crippen LogP contribution in [0.15, 0.2) is 34.2 Å². The molecule has 0 aliphatic carbocycles. The van der Waals surface area contributed by atoms with Crippen LogP contribution in [0.3, 0.4) is 0 Å². The fraction of sp³-hybridized carbons (Fsp3) is 0.125. The van der Waals surface area contributed by atoms with E-state index in [4.69, 9.17) is 0 Å². The van der Waals surface area contributed by atoms with Crippen molar-refractivity contribution < 1.29 is 0 Å². The fourth-order valence-corrected chi connectivity index (χ4v) is 0.829. The lowest BCUT2D eigenvalue weighted by Gasteiger charge is -1.93. The molecule has 1 aromatic carbocycles. The third-order valence-corrected chi connectivity index (χ3v) is 1.43. The first-order valence-electron chi connectivity index (χ1n) is 2.97. The molecular weight excluding hydrogens is 178 g/mol. The predicted octanol–water partition coefficient (Wildman–Crippen LogP) is 3.16. The van der Waals surface area contributed by atoms with E-state index >= 15 is 0 Å². The van der Waals surface area contributed by atoms with Gasteiger partial charge in [0.15, 0.2) is 0 Å². The summed E-state index contributed by atoms with van der Waals surface area (Å²) in [5.41, 5.74) is 0.834. The monoisotopic (exact) mass is 187 g/mol. The zero-order valence-corrected chi connectivity index (χ0v) is 7.94. The highest BCUT2D eigenvalue weighted by atomic mass is 35.5. The van der Waals surface area contributed by atoms with Crippen molar-refractivity contribution in [3.05, 3.63) is 24.3 Å². The van der Waals surface area contributed by atoms with E-state index in [2.05, 4.69) is 35.9 Å². The third kappa shape index (κ3) is 3.44. The lowest BCUT2D eigenvalue weighted by molar-refractivity contribution is 1.40. The zero-order valence-electron chi connectivity index (χ0n) is 6.29. The number of nitrogens with zero attached hydrogens (tertiary/aromatic N) is 1. The van der Waals surface area contributed by atoms with E-state index in [0.29, 0.717) is 0 Å². The molecule has 1 aromatic rings. The highest BCUT2D eigenvalue weighted by Crippen LogP contribution is 2.20. The molecule has 0 radical (unpaired) electrons. The summed E-state index contributed by atoms with van der Waals surface area (Å²) in [5, 5.41) is 0. The molecule has 0 fully saturated rings. The van der Waals surface area contributed by atoms with E-state index in [1.54, 1.807) is 0 Å². The van der Waals surface area contributed by atoms with Crippen molar-refractivity contribution >= 4 is 36.6 Å². The van der Waals surface area contributed by atoms with Gasteiger partial charge < -0.3 is 0 Å². The van der Waals surface area contributed by atoms with Crippen molar-refractivity contribution in [3.63, 3.8) is 0 Å². The number of halogens is 1. The Hall–Kier alpha value is -0.470.